The maximum Gasteiger partial charge on any atom is 0.251 e. The summed E-state index contributed by atoms with van der Waals surface area (Å²) in [6, 6.07) is 21.7. The molecule has 0 saturated carbocycles. The maximum atomic E-state index is 12.8. The number of para-hydroxylation sites is 2. The lowest BCUT2D eigenvalue weighted by Gasteiger charge is -2.17. The molecule has 0 fully saturated rings. The standard InChI is InChI=1S/C29H33N3O2/c1-20-14-16-24(17-15-20)29(33)30-23(4)28-31-25-11-5-6-12-26(25)32(28)18-7-8-19-34-27-13-9-10-21(2)22(27)3/h5-6,9-17,23H,7-8,18-19H2,1-4H3,(H,30,33). The number of carbonyl (C=O) groups excluding carboxylic acids is 1. The molecule has 1 aromatic heterocycles. The Kier molecular flexibility index (Phi) is 7.31. The van der Waals surface area contributed by atoms with Crippen molar-refractivity contribution >= 4 is 16.9 Å². The molecule has 4 aromatic rings. The molecule has 0 aliphatic carbocycles. The Bertz CT molecular complexity index is 1270. The average molecular weight is 456 g/mol. The van der Waals surface area contributed by atoms with Crippen LogP contribution in [0.5, 0.6) is 5.75 Å². The first kappa shape index (κ1) is 23.6. The Morgan fingerprint density at radius 3 is 2.53 bits per heavy atom. The Morgan fingerprint density at radius 1 is 0.971 bits per heavy atom. The van der Waals surface area contributed by atoms with Gasteiger partial charge in [-0.3, -0.25) is 4.79 Å². The van der Waals surface area contributed by atoms with Crippen LogP contribution < -0.4 is 10.1 Å². The monoisotopic (exact) mass is 455 g/mol. The molecular formula is C29H33N3O2. The summed E-state index contributed by atoms with van der Waals surface area (Å²) in [5, 5.41) is 3.12. The molecule has 4 rings (SSSR count). The first-order chi connectivity index (χ1) is 16.4. The van der Waals surface area contributed by atoms with E-state index in [9.17, 15) is 4.79 Å². The highest BCUT2D eigenvalue weighted by Crippen LogP contribution is 2.23. The van der Waals surface area contributed by atoms with E-state index < -0.39 is 0 Å². The highest BCUT2D eigenvalue weighted by molar-refractivity contribution is 5.94. The van der Waals surface area contributed by atoms with Crippen molar-refractivity contribution in [3.05, 3.63) is 94.8 Å². The molecule has 0 saturated heterocycles. The molecule has 0 aliphatic heterocycles. The third-order valence-electron chi connectivity index (χ3n) is 6.32. The Balaban J connectivity index is 1.42. The first-order valence-electron chi connectivity index (χ1n) is 12.0. The van der Waals surface area contributed by atoms with Crippen LogP contribution in [0.15, 0.2) is 66.7 Å². The number of imidazole rings is 1. The van der Waals surface area contributed by atoms with E-state index in [0.717, 1.165) is 47.6 Å². The van der Waals surface area contributed by atoms with Gasteiger partial charge in [-0.2, -0.15) is 0 Å². The van der Waals surface area contributed by atoms with Crippen molar-refractivity contribution in [3.63, 3.8) is 0 Å². The van der Waals surface area contributed by atoms with E-state index in [-0.39, 0.29) is 11.9 Å². The molecule has 0 aliphatic rings. The van der Waals surface area contributed by atoms with Crippen molar-refractivity contribution in [2.45, 2.75) is 53.1 Å². The fourth-order valence-corrected chi connectivity index (χ4v) is 4.14. The minimum Gasteiger partial charge on any atom is -0.493 e. The van der Waals surface area contributed by atoms with Crippen molar-refractivity contribution < 1.29 is 9.53 Å². The second kappa shape index (κ2) is 10.6. The molecule has 3 aromatic carbocycles. The number of benzene rings is 3. The summed E-state index contributed by atoms with van der Waals surface area (Å²) in [4.78, 5) is 17.6. The van der Waals surface area contributed by atoms with Gasteiger partial charge in [0.15, 0.2) is 0 Å². The number of hydrogen-bond donors (Lipinski definition) is 1. The Hall–Kier alpha value is -3.60. The second-order valence-electron chi connectivity index (χ2n) is 8.93. The zero-order valence-corrected chi connectivity index (χ0v) is 20.5. The molecule has 0 radical (unpaired) electrons. The summed E-state index contributed by atoms with van der Waals surface area (Å²) in [7, 11) is 0. The second-order valence-corrected chi connectivity index (χ2v) is 8.93. The third-order valence-corrected chi connectivity index (χ3v) is 6.32. The smallest absolute Gasteiger partial charge is 0.251 e. The van der Waals surface area contributed by atoms with E-state index in [1.165, 1.54) is 11.1 Å². The van der Waals surface area contributed by atoms with Gasteiger partial charge in [0.05, 0.1) is 23.7 Å². The van der Waals surface area contributed by atoms with Gasteiger partial charge >= 0.3 is 0 Å². The quantitative estimate of drug-likeness (QED) is 0.301. The molecule has 176 valence electrons. The number of fused-ring (bicyclic) bond motifs is 1. The fourth-order valence-electron chi connectivity index (χ4n) is 4.14. The predicted molar refractivity (Wildman–Crippen MR) is 137 cm³/mol. The van der Waals surface area contributed by atoms with Crippen molar-refractivity contribution in [2.24, 2.45) is 0 Å². The molecular weight excluding hydrogens is 422 g/mol. The number of hydrogen-bond acceptors (Lipinski definition) is 3. The van der Waals surface area contributed by atoms with Crippen LogP contribution in [-0.4, -0.2) is 22.1 Å². The lowest BCUT2D eigenvalue weighted by atomic mass is 10.1. The molecule has 34 heavy (non-hydrogen) atoms. The number of aryl methyl sites for hydroxylation is 3. The van der Waals surface area contributed by atoms with Gasteiger partial charge in [0.1, 0.15) is 11.6 Å². The lowest BCUT2D eigenvalue weighted by molar-refractivity contribution is 0.0937. The number of carbonyl (C=O) groups is 1. The van der Waals surface area contributed by atoms with Crippen LogP contribution in [-0.2, 0) is 6.54 Å². The van der Waals surface area contributed by atoms with Crippen molar-refractivity contribution in [1.29, 1.82) is 0 Å². The first-order valence-corrected chi connectivity index (χ1v) is 12.0. The largest absolute Gasteiger partial charge is 0.493 e. The van der Waals surface area contributed by atoms with Crippen LogP contribution in [0.4, 0.5) is 0 Å². The van der Waals surface area contributed by atoms with Crippen LogP contribution in [0.3, 0.4) is 0 Å². The molecule has 5 heteroatoms. The minimum absolute atomic E-state index is 0.0898. The number of rotatable bonds is 9. The number of aromatic nitrogens is 2. The Labute approximate surface area is 201 Å². The number of nitrogens with zero attached hydrogens (tertiary/aromatic N) is 2. The molecule has 0 spiro atoms. The third kappa shape index (κ3) is 5.30. The van der Waals surface area contributed by atoms with Crippen LogP contribution in [0.2, 0.25) is 0 Å². The maximum absolute atomic E-state index is 12.8. The van der Waals surface area contributed by atoms with Crippen LogP contribution in [0.1, 0.15) is 58.7 Å². The summed E-state index contributed by atoms with van der Waals surface area (Å²) in [6.45, 7) is 9.70. The number of nitrogens with one attached hydrogen (secondary N) is 1. The number of ether oxygens (including phenoxy) is 1. The number of amides is 1. The molecule has 1 heterocycles. The summed E-state index contributed by atoms with van der Waals surface area (Å²) in [5.74, 6) is 1.74. The average Bonchev–Trinajstić information content (AvgIpc) is 3.20. The topological polar surface area (TPSA) is 56.2 Å². The lowest BCUT2D eigenvalue weighted by Crippen LogP contribution is -2.28. The molecule has 0 bridgehead atoms. The summed E-state index contributed by atoms with van der Waals surface area (Å²) < 4.78 is 8.26. The highest BCUT2D eigenvalue weighted by atomic mass is 16.5. The van der Waals surface area contributed by atoms with Crippen molar-refractivity contribution in [3.8, 4) is 5.75 Å². The van der Waals surface area contributed by atoms with Gasteiger partial charge in [0.25, 0.3) is 5.91 Å². The zero-order valence-electron chi connectivity index (χ0n) is 20.5. The van der Waals surface area contributed by atoms with E-state index in [1.54, 1.807) is 0 Å². The normalized spacial score (nSPS) is 12.0. The molecule has 1 amide bonds. The molecule has 1 unspecified atom stereocenters. The van der Waals surface area contributed by atoms with Crippen molar-refractivity contribution in [1.82, 2.24) is 14.9 Å². The SMILES string of the molecule is Cc1ccc(C(=O)NC(C)c2nc3ccccc3n2CCCCOc2cccc(C)c2C)cc1. The van der Waals surface area contributed by atoms with E-state index in [2.05, 4.69) is 35.9 Å². The van der Waals surface area contributed by atoms with E-state index in [1.807, 2.05) is 68.4 Å². The van der Waals surface area contributed by atoms with Crippen LogP contribution in [0.25, 0.3) is 11.0 Å². The summed E-state index contributed by atoms with van der Waals surface area (Å²) in [5.41, 5.74) is 6.26. The predicted octanol–water partition coefficient (Wildman–Crippen LogP) is 6.31. The van der Waals surface area contributed by atoms with Gasteiger partial charge in [-0.05, 0) is 82.0 Å². The Morgan fingerprint density at radius 2 is 1.74 bits per heavy atom. The highest BCUT2D eigenvalue weighted by Gasteiger charge is 2.19. The van der Waals surface area contributed by atoms with Crippen molar-refractivity contribution in [2.75, 3.05) is 6.61 Å². The minimum atomic E-state index is -0.215. The van der Waals surface area contributed by atoms with Gasteiger partial charge in [-0.25, -0.2) is 4.98 Å². The summed E-state index contributed by atoms with van der Waals surface area (Å²) in [6.07, 6.45) is 1.89. The molecule has 1 atom stereocenters. The fraction of sp³-hybridized carbons (Fsp3) is 0.310. The number of unbranched alkanes of at least 4 members (excludes halogenated alkanes) is 1. The van der Waals surface area contributed by atoms with Crippen LogP contribution >= 0.6 is 0 Å². The molecule has 1 N–H and O–H groups in total. The van der Waals surface area contributed by atoms with Gasteiger partial charge in [0, 0.05) is 12.1 Å². The van der Waals surface area contributed by atoms with E-state index >= 15 is 0 Å². The van der Waals surface area contributed by atoms with Gasteiger partial charge < -0.3 is 14.6 Å². The zero-order chi connectivity index (χ0) is 24.1. The molecule has 5 nitrogen and oxygen atoms in total. The van der Waals surface area contributed by atoms with E-state index in [4.69, 9.17) is 9.72 Å². The van der Waals surface area contributed by atoms with Gasteiger partial charge in [-0.1, -0.05) is 42.0 Å². The van der Waals surface area contributed by atoms with Crippen LogP contribution in [0, 0.1) is 20.8 Å². The summed E-state index contributed by atoms with van der Waals surface area (Å²) >= 11 is 0. The van der Waals surface area contributed by atoms with Gasteiger partial charge in [-0.15, -0.1) is 0 Å². The van der Waals surface area contributed by atoms with E-state index in [0.29, 0.717) is 12.2 Å². The van der Waals surface area contributed by atoms with Gasteiger partial charge in [0.2, 0.25) is 0 Å².